The highest BCUT2D eigenvalue weighted by Gasteiger charge is 2.18. The minimum absolute atomic E-state index is 0.379. The summed E-state index contributed by atoms with van der Waals surface area (Å²) in [5, 5.41) is 8.05. The fourth-order valence-corrected chi connectivity index (χ4v) is 5.85. The number of thiocarbonyl (C=S) groups is 1. The van der Waals surface area contributed by atoms with Crippen LogP contribution in [-0.4, -0.2) is 52.9 Å². The topological polar surface area (TPSA) is 99.2 Å². The lowest BCUT2D eigenvalue weighted by atomic mass is 10.0. The highest BCUT2D eigenvalue weighted by atomic mass is 32.2. The Morgan fingerprint density at radius 1 is 1.23 bits per heavy atom. The van der Waals surface area contributed by atoms with Gasteiger partial charge in [-0.05, 0) is 92.3 Å². The van der Waals surface area contributed by atoms with Crippen molar-refractivity contribution in [3.8, 4) is 17.2 Å². The third-order valence-electron chi connectivity index (χ3n) is 6.83. The van der Waals surface area contributed by atoms with E-state index < -0.39 is 0 Å². The summed E-state index contributed by atoms with van der Waals surface area (Å²) in [6.07, 6.45) is 9.07. The maximum atomic E-state index is 5.79. The molecular weight excluding hydrogens is 544 g/mol. The van der Waals surface area contributed by atoms with Gasteiger partial charge in [-0.25, -0.2) is 4.99 Å². The number of fused-ring (bicyclic) bond motifs is 1. The molecule has 1 fully saturated rings. The number of hydrogen-bond acceptors (Lipinski definition) is 7. The van der Waals surface area contributed by atoms with Crippen molar-refractivity contribution in [3.63, 3.8) is 0 Å². The Balaban J connectivity index is 0.000000255. The quantitative estimate of drug-likeness (QED) is 0.172. The first-order valence-electron chi connectivity index (χ1n) is 13.4. The molecule has 3 N–H and O–H groups in total. The van der Waals surface area contributed by atoms with Crippen LogP contribution >= 0.6 is 24.2 Å². The molecule has 9 nitrogen and oxygen atoms in total. The van der Waals surface area contributed by atoms with Gasteiger partial charge in [0.05, 0.1) is 39.4 Å². The Hall–Kier alpha value is -3.28. The lowest BCUT2D eigenvalue weighted by molar-refractivity contribution is 0.287. The maximum Gasteiger partial charge on any atom is 0.207 e. The molecule has 1 aromatic heterocycles. The normalized spacial score (nSPS) is 16.3. The second kappa shape index (κ2) is 14.9. The summed E-state index contributed by atoms with van der Waals surface area (Å²) < 4.78 is 20.4. The van der Waals surface area contributed by atoms with E-state index in [0.29, 0.717) is 17.7 Å². The van der Waals surface area contributed by atoms with E-state index >= 15 is 0 Å². The van der Waals surface area contributed by atoms with Crippen LogP contribution < -0.4 is 25.3 Å². The van der Waals surface area contributed by atoms with Gasteiger partial charge in [0, 0.05) is 35.8 Å². The number of nitrogens with two attached hydrogens (primary N) is 1. The molecule has 1 unspecified atom stereocenters. The number of nitrogens with zero attached hydrogens (tertiary/aromatic N) is 4. The smallest absolute Gasteiger partial charge is 0.207 e. The predicted octanol–water partition coefficient (Wildman–Crippen LogP) is 5.04. The van der Waals surface area contributed by atoms with Crippen molar-refractivity contribution in [1.82, 2.24) is 19.4 Å². The van der Waals surface area contributed by atoms with E-state index in [9.17, 15) is 0 Å². The van der Waals surface area contributed by atoms with E-state index in [4.69, 9.17) is 32.2 Å². The molecule has 2 aromatic carbocycles. The molecule has 214 valence electrons. The zero-order valence-corrected chi connectivity index (χ0v) is 25.0. The van der Waals surface area contributed by atoms with Gasteiger partial charge in [0.2, 0.25) is 5.11 Å². The molecule has 2 aliphatic heterocycles. The van der Waals surface area contributed by atoms with Crippen molar-refractivity contribution in [2.24, 2.45) is 17.8 Å². The first kappa shape index (κ1) is 29.7. The number of benzene rings is 2. The zero-order chi connectivity index (χ0) is 28.3. The van der Waals surface area contributed by atoms with E-state index in [1.807, 2.05) is 46.5 Å². The molecule has 3 heterocycles. The SMILES string of the molecule is COc1ccc(CN(Sc2ccc3c(c2)OCCC3)C(=S)/N=C\N)c(OC)c1.Cn1nccc1C1CCCCN1. The fraction of sp³-hybridized carbons (Fsp3) is 0.414. The number of hydrogen-bond donors (Lipinski definition) is 2. The van der Waals surface area contributed by atoms with E-state index in [1.165, 1.54) is 48.8 Å². The monoisotopic (exact) mass is 582 g/mol. The summed E-state index contributed by atoms with van der Waals surface area (Å²) in [7, 11) is 5.26. The number of aliphatic imine (C=N–C) groups is 1. The van der Waals surface area contributed by atoms with Crippen LogP contribution in [0.3, 0.4) is 0 Å². The van der Waals surface area contributed by atoms with Gasteiger partial charge in [0.15, 0.2) is 0 Å². The number of aryl methyl sites for hydroxylation is 2. The molecule has 2 aliphatic rings. The van der Waals surface area contributed by atoms with Crippen LogP contribution in [0.4, 0.5) is 0 Å². The summed E-state index contributed by atoms with van der Waals surface area (Å²) in [6.45, 7) is 2.39. The van der Waals surface area contributed by atoms with E-state index in [0.717, 1.165) is 53.7 Å². The van der Waals surface area contributed by atoms with Gasteiger partial charge in [0.1, 0.15) is 17.2 Å². The van der Waals surface area contributed by atoms with Crippen molar-refractivity contribution in [3.05, 3.63) is 65.5 Å². The number of aromatic nitrogens is 2. The largest absolute Gasteiger partial charge is 0.497 e. The van der Waals surface area contributed by atoms with Crippen LogP contribution in [0.2, 0.25) is 0 Å². The lowest BCUT2D eigenvalue weighted by Gasteiger charge is -2.24. The summed E-state index contributed by atoms with van der Waals surface area (Å²) >= 11 is 6.94. The van der Waals surface area contributed by atoms with Crippen LogP contribution in [0.5, 0.6) is 17.2 Å². The van der Waals surface area contributed by atoms with E-state index in [-0.39, 0.29) is 0 Å². The van der Waals surface area contributed by atoms with Crippen LogP contribution in [0.1, 0.15) is 48.5 Å². The predicted molar refractivity (Wildman–Crippen MR) is 164 cm³/mol. The van der Waals surface area contributed by atoms with Crippen molar-refractivity contribution in [2.75, 3.05) is 27.4 Å². The Kier molecular flexibility index (Phi) is 11.1. The third-order valence-corrected chi connectivity index (χ3v) is 8.26. The molecule has 0 saturated carbocycles. The van der Waals surface area contributed by atoms with Crippen LogP contribution in [-0.2, 0) is 20.0 Å². The van der Waals surface area contributed by atoms with Gasteiger partial charge in [-0.1, -0.05) is 12.5 Å². The van der Waals surface area contributed by atoms with Gasteiger partial charge in [-0.15, -0.1) is 0 Å². The number of ether oxygens (including phenoxy) is 3. The van der Waals surface area contributed by atoms with Crippen molar-refractivity contribution in [2.45, 2.75) is 49.6 Å². The van der Waals surface area contributed by atoms with Crippen molar-refractivity contribution < 1.29 is 14.2 Å². The molecule has 0 amide bonds. The Bertz CT molecular complexity index is 1290. The molecule has 0 radical (unpaired) electrons. The maximum absolute atomic E-state index is 5.79. The summed E-state index contributed by atoms with van der Waals surface area (Å²) in [5.41, 5.74) is 8.97. The molecule has 0 aliphatic carbocycles. The van der Waals surface area contributed by atoms with Gasteiger partial charge < -0.3 is 25.3 Å². The Labute approximate surface area is 246 Å². The minimum Gasteiger partial charge on any atom is -0.497 e. The van der Waals surface area contributed by atoms with Crippen molar-refractivity contribution in [1.29, 1.82) is 0 Å². The molecule has 1 saturated heterocycles. The average Bonchev–Trinajstić information content (AvgIpc) is 3.43. The standard InChI is InChI=1S/C20H23N3O3S2.C9H15N3/c1-24-16-7-5-15(18(10-16)25-2)12-23(20(27)22-13-21)28-17-8-6-14-4-3-9-26-19(14)11-17;1-12-9(5-7-11-12)8-4-2-3-6-10-8/h5-8,10-11,13H,3-4,9,12H2,1-2H3,(H2,21,22,27);5,7-8,10H,2-4,6H2,1H3. The fourth-order valence-electron chi connectivity index (χ4n) is 4.74. The molecule has 11 heteroatoms. The number of rotatable bonds is 7. The summed E-state index contributed by atoms with van der Waals surface area (Å²) in [5.74, 6) is 2.39. The van der Waals surface area contributed by atoms with Gasteiger partial charge in [-0.3, -0.25) is 8.99 Å². The Morgan fingerprint density at radius 2 is 2.10 bits per heavy atom. The lowest BCUT2D eigenvalue weighted by Crippen LogP contribution is -2.28. The highest BCUT2D eigenvalue weighted by molar-refractivity contribution is 7.98. The number of methoxy groups -OCH3 is 2. The van der Waals surface area contributed by atoms with Gasteiger partial charge in [-0.2, -0.15) is 5.10 Å². The first-order valence-corrected chi connectivity index (χ1v) is 14.6. The molecule has 5 rings (SSSR count). The van der Waals surface area contributed by atoms with E-state index in [1.54, 1.807) is 14.2 Å². The summed E-state index contributed by atoms with van der Waals surface area (Å²) in [4.78, 5) is 5.10. The average molecular weight is 583 g/mol. The molecule has 1 atom stereocenters. The third kappa shape index (κ3) is 7.89. The molecule has 40 heavy (non-hydrogen) atoms. The Morgan fingerprint density at radius 3 is 2.80 bits per heavy atom. The van der Waals surface area contributed by atoms with Gasteiger partial charge >= 0.3 is 0 Å². The van der Waals surface area contributed by atoms with Gasteiger partial charge in [0.25, 0.3) is 0 Å². The number of piperidine rings is 1. The molecule has 3 aromatic rings. The van der Waals surface area contributed by atoms with Crippen LogP contribution in [0.15, 0.2) is 58.5 Å². The second-order valence-electron chi connectivity index (χ2n) is 9.47. The van der Waals surface area contributed by atoms with Crippen molar-refractivity contribution >= 4 is 35.6 Å². The molecule has 0 spiro atoms. The van der Waals surface area contributed by atoms with Crippen LogP contribution in [0, 0.1) is 0 Å². The number of nitrogens with one attached hydrogen (secondary N) is 1. The van der Waals surface area contributed by atoms with Crippen LogP contribution in [0.25, 0.3) is 0 Å². The molecule has 0 bridgehead atoms. The summed E-state index contributed by atoms with van der Waals surface area (Å²) in [6, 6.07) is 14.6. The second-order valence-corrected chi connectivity index (χ2v) is 10.9. The van der Waals surface area contributed by atoms with E-state index in [2.05, 4.69) is 33.6 Å². The molecular formula is C29H38N6O3S2. The minimum atomic E-state index is 0.379. The first-order chi connectivity index (χ1) is 19.5. The zero-order valence-electron chi connectivity index (χ0n) is 23.3. The highest BCUT2D eigenvalue weighted by Crippen LogP contribution is 2.34.